The summed E-state index contributed by atoms with van der Waals surface area (Å²) in [5, 5.41) is 6.40. The average Bonchev–Trinajstić information content (AvgIpc) is 2.21. The largest absolute Gasteiger partial charge is 0.378 e. The van der Waals surface area contributed by atoms with Gasteiger partial charge in [-0.25, -0.2) is 0 Å². The molecule has 0 aromatic carbocycles. The van der Waals surface area contributed by atoms with Gasteiger partial charge in [0, 0.05) is 12.5 Å². The van der Waals surface area contributed by atoms with E-state index in [1.807, 2.05) is 13.8 Å². The van der Waals surface area contributed by atoms with E-state index < -0.39 is 0 Å². The molecule has 2 atom stereocenters. The maximum atomic E-state index is 11.6. The second-order valence-electron chi connectivity index (χ2n) is 4.81. The topological polar surface area (TPSA) is 50.4 Å². The van der Waals surface area contributed by atoms with E-state index >= 15 is 0 Å². The van der Waals surface area contributed by atoms with Crippen molar-refractivity contribution >= 4 is 5.91 Å². The van der Waals surface area contributed by atoms with Gasteiger partial charge in [-0.3, -0.25) is 4.79 Å². The first kappa shape index (κ1) is 13.5. The predicted molar refractivity (Wildman–Crippen MR) is 64.3 cm³/mol. The summed E-state index contributed by atoms with van der Waals surface area (Å²) in [4.78, 5) is 11.6. The Morgan fingerprint density at radius 2 is 2.31 bits per heavy atom. The van der Waals surface area contributed by atoms with Gasteiger partial charge < -0.3 is 15.4 Å². The van der Waals surface area contributed by atoms with Crippen LogP contribution in [0, 0.1) is 5.92 Å². The number of piperidine rings is 1. The van der Waals surface area contributed by atoms with E-state index in [0.29, 0.717) is 25.0 Å². The van der Waals surface area contributed by atoms with Gasteiger partial charge in [0.2, 0.25) is 5.91 Å². The van der Waals surface area contributed by atoms with E-state index in [-0.39, 0.29) is 12.0 Å². The standard InChI is InChI=1S/C12H24N2O2/c1-9(2)16-7-5-12(15)14-11-4-6-13-8-10(11)3/h9-11,13H,4-8H2,1-3H3,(H,14,15). The summed E-state index contributed by atoms with van der Waals surface area (Å²) in [6.45, 7) is 8.63. The molecule has 1 heterocycles. The molecule has 1 fully saturated rings. The second-order valence-corrected chi connectivity index (χ2v) is 4.81. The molecule has 2 N–H and O–H groups in total. The first-order valence-corrected chi connectivity index (χ1v) is 6.21. The van der Waals surface area contributed by atoms with Crippen molar-refractivity contribution in [3.63, 3.8) is 0 Å². The smallest absolute Gasteiger partial charge is 0.222 e. The molecule has 0 aliphatic carbocycles. The Bertz CT molecular complexity index is 219. The summed E-state index contributed by atoms with van der Waals surface area (Å²) in [6, 6.07) is 0.327. The Morgan fingerprint density at radius 3 is 2.94 bits per heavy atom. The lowest BCUT2D eigenvalue weighted by molar-refractivity contribution is -0.123. The molecule has 0 aromatic heterocycles. The zero-order valence-corrected chi connectivity index (χ0v) is 10.6. The van der Waals surface area contributed by atoms with E-state index in [0.717, 1.165) is 19.5 Å². The zero-order chi connectivity index (χ0) is 12.0. The molecule has 0 saturated carbocycles. The monoisotopic (exact) mass is 228 g/mol. The maximum Gasteiger partial charge on any atom is 0.222 e. The molecular formula is C12H24N2O2. The van der Waals surface area contributed by atoms with E-state index in [9.17, 15) is 4.79 Å². The highest BCUT2D eigenvalue weighted by Gasteiger charge is 2.22. The Hall–Kier alpha value is -0.610. The Kier molecular flexibility index (Phi) is 5.77. The second kappa shape index (κ2) is 6.86. The van der Waals surface area contributed by atoms with Crippen molar-refractivity contribution in [2.45, 2.75) is 45.8 Å². The summed E-state index contributed by atoms with van der Waals surface area (Å²) >= 11 is 0. The molecule has 4 heteroatoms. The predicted octanol–water partition coefficient (Wildman–Crippen LogP) is 0.916. The van der Waals surface area contributed by atoms with Crippen LogP contribution in [0.4, 0.5) is 0 Å². The number of hydrogen-bond acceptors (Lipinski definition) is 3. The quantitative estimate of drug-likeness (QED) is 0.735. The number of ether oxygens (including phenoxy) is 1. The molecule has 94 valence electrons. The first-order valence-electron chi connectivity index (χ1n) is 6.21. The number of hydrogen-bond donors (Lipinski definition) is 2. The molecule has 0 radical (unpaired) electrons. The highest BCUT2D eigenvalue weighted by Crippen LogP contribution is 2.10. The normalized spacial score (nSPS) is 25.8. The molecule has 2 unspecified atom stereocenters. The number of rotatable bonds is 5. The van der Waals surface area contributed by atoms with Crippen LogP contribution in [0.15, 0.2) is 0 Å². The van der Waals surface area contributed by atoms with Crippen LogP contribution in [0.3, 0.4) is 0 Å². The first-order chi connectivity index (χ1) is 7.59. The summed E-state index contributed by atoms with van der Waals surface area (Å²) in [6.07, 6.45) is 1.69. The van der Waals surface area contributed by atoms with Gasteiger partial charge in [-0.15, -0.1) is 0 Å². The Labute approximate surface area is 98.1 Å². The summed E-state index contributed by atoms with van der Waals surface area (Å²) in [5.74, 6) is 0.628. The maximum absolute atomic E-state index is 11.6. The summed E-state index contributed by atoms with van der Waals surface area (Å²) < 4.78 is 5.36. The summed E-state index contributed by atoms with van der Waals surface area (Å²) in [7, 11) is 0. The van der Waals surface area contributed by atoms with Crippen molar-refractivity contribution in [2.24, 2.45) is 5.92 Å². The molecule has 1 aliphatic rings. The fraction of sp³-hybridized carbons (Fsp3) is 0.917. The lowest BCUT2D eigenvalue weighted by Gasteiger charge is -2.30. The molecule has 0 aromatic rings. The summed E-state index contributed by atoms with van der Waals surface area (Å²) in [5.41, 5.74) is 0. The molecule has 16 heavy (non-hydrogen) atoms. The van der Waals surface area contributed by atoms with Gasteiger partial charge in [-0.05, 0) is 39.3 Å². The van der Waals surface area contributed by atoms with Gasteiger partial charge >= 0.3 is 0 Å². The Morgan fingerprint density at radius 1 is 1.56 bits per heavy atom. The third-order valence-electron chi connectivity index (χ3n) is 2.91. The minimum atomic E-state index is 0.111. The SMILES string of the molecule is CC(C)OCCC(=O)NC1CCNCC1C. The third kappa shape index (κ3) is 4.94. The van der Waals surface area contributed by atoms with Gasteiger partial charge in [0.15, 0.2) is 0 Å². The fourth-order valence-electron chi connectivity index (χ4n) is 1.89. The van der Waals surface area contributed by atoms with Crippen LogP contribution in [-0.4, -0.2) is 37.7 Å². The molecular weight excluding hydrogens is 204 g/mol. The molecule has 1 saturated heterocycles. The lowest BCUT2D eigenvalue weighted by Crippen LogP contribution is -2.48. The number of amides is 1. The van der Waals surface area contributed by atoms with Gasteiger partial charge in [0.1, 0.15) is 0 Å². The van der Waals surface area contributed by atoms with Crippen molar-refractivity contribution in [3.05, 3.63) is 0 Å². The van der Waals surface area contributed by atoms with Crippen molar-refractivity contribution in [1.82, 2.24) is 10.6 Å². The Balaban J connectivity index is 2.17. The number of nitrogens with one attached hydrogen (secondary N) is 2. The number of carbonyl (C=O) groups is 1. The van der Waals surface area contributed by atoms with Crippen molar-refractivity contribution < 1.29 is 9.53 Å². The van der Waals surface area contributed by atoms with Crippen molar-refractivity contribution in [3.8, 4) is 0 Å². The minimum absolute atomic E-state index is 0.111. The third-order valence-corrected chi connectivity index (χ3v) is 2.91. The van der Waals surface area contributed by atoms with E-state index in [2.05, 4.69) is 17.6 Å². The van der Waals surface area contributed by atoms with Crippen LogP contribution in [0.5, 0.6) is 0 Å². The number of carbonyl (C=O) groups excluding carboxylic acids is 1. The van der Waals surface area contributed by atoms with Crippen molar-refractivity contribution in [2.75, 3.05) is 19.7 Å². The van der Waals surface area contributed by atoms with Crippen LogP contribution in [0.25, 0.3) is 0 Å². The van der Waals surface area contributed by atoms with Gasteiger partial charge in [-0.2, -0.15) is 0 Å². The van der Waals surface area contributed by atoms with Crippen molar-refractivity contribution in [1.29, 1.82) is 0 Å². The van der Waals surface area contributed by atoms with E-state index in [1.165, 1.54) is 0 Å². The van der Waals surface area contributed by atoms with E-state index in [4.69, 9.17) is 4.74 Å². The highest BCUT2D eigenvalue weighted by atomic mass is 16.5. The van der Waals surface area contributed by atoms with Gasteiger partial charge in [0.05, 0.1) is 12.7 Å². The van der Waals surface area contributed by atoms with Crippen LogP contribution in [0.2, 0.25) is 0 Å². The van der Waals surface area contributed by atoms with Crippen LogP contribution >= 0.6 is 0 Å². The van der Waals surface area contributed by atoms with Crippen LogP contribution in [-0.2, 0) is 9.53 Å². The molecule has 0 spiro atoms. The van der Waals surface area contributed by atoms with Crippen LogP contribution in [0.1, 0.15) is 33.6 Å². The van der Waals surface area contributed by atoms with E-state index in [1.54, 1.807) is 0 Å². The molecule has 4 nitrogen and oxygen atoms in total. The molecule has 1 amide bonds. The van der Waals surface area contributed by atoms with Gasteiger partial charge in [-0.1, -0.05) is 6.92 Å². The lowest BCUT2D eigenvalue weighted by atomic mass is 9.95. The highest BCUT2D eigenvalue weighted by molar-refractivity contribution is 5.76. The fourth-order valence-corrected chi connectivity index (χ4v) is 1.89. The average molecular weight is 228 g/mol. The van der Waals surface area contributed by atoms with Crippen LogP contribution < -0.4 is 10.6 Å². The molecule has 0 bridgehead atoms. The molecule has 1 rings (SSSR count). The van der Waals surface area contributed by atoms with Gasteiger partial charge in [0.25, 0.3) is 0 Å². The molecule has 1 aliphatic heterocycles. The zero-order valence-electron chi connectivity index (χ0n) is 10.6. The minimum Gasteiger partial charge on any atom is -0.378 e.